The van der Waals surface area contributed by atoms with Crippen molar-refractivity contribution in [3.63, 3.8) is 0 Å². The molecule has 2 aromatic rings. The molecule has 2 rings (SSSR count). The second-order valence-electron chi connectivity index (χ2n) is 2.24. The molecule has 0 bridgehead atoms. The molecule has 1 heterocycles. The van der Waals surface area contributed by atoms with E-state index in [-0.39, 0.29) is 0 Å². The van der Waals surface area contributed by atoms with E-state index in [9.17, 15) is 0 Å². The van der Waals surface area contributed by atoms with E-state index >= 15 is 0 Å². The standard InChI is InChI=1S/C9H7NSe/c1-2-4-8(5-3-1)9-6-7-10-11-9/h1-7H. The van der Waals surface area contributed by atoms with Crippen LogP contribution in [0.15, 0.2) is 42.6 Å². The van der Waals surface area contributed by atoms with E-state index in [1.54, 1.807) is 0 Å². The summed E-state index contributed by atoms with van der Waals surface area (Å²) in [5.74, 6) is 0. The zero-order chi connectivity index (χ0) is 7.52. The normalized spacial score (nSPS) is 9.82. The topological polar surface area (TPSA) is 12.9 Å². The predicted molar refractivity (Wildman–Crippen MR) is 46.6 cm³/mol. The van der Waals surface area contributed by atoms with Crippen molar-refractivity contribution in [1.82, 2.24) is 3.98 Å². The minimum absolute atomic E-state index is 0.321. The summed E-state index contributed by atoms with van der Waals surface area (Å²) in [5.41, 5.74) is 1.31. The summed E-state index contributed by atoms with van der Waals surface area (Å²) in [7, 11) is 0. The molecule has 2 heteroatoms. The summed E-state index contributed by atoms with van der Waals surface area (Å²) in [4.78, 5) is 0. The molecule has 54 valence electrons. The van der Waals surface area contributed by atoms with Gasteiger partial charge in [-0.05, 0) is 0 Å². The van der Waals surface area contributed by atoms with Crippen LogP contribution >= 0.6 is 0 Å². The monoisotopic (exact) mass is 209 g/mol. The van der Waals surface area contributed by atoms with E-state index in [4.69, 9.17) is 0 Å². The summed E-state index contributed by atoms with van der Waals surface area (Å²) in [6, 6.07) is 12.5. The van der Waals surface area contributed by atoms with Gasteiger partial charge < -0.3 is 0 Å². The fraction of sp³-hybridized carbons (Fsp3) is 0. The number of nitrogens with zero attached hydrogens (tertiary/aromatic N) is 1. The SMILES string of the molecule is c1ccc(-c2ccn[se]2)cc1. The van der Waals surface area contributed by atoms with E-state index in [1.807, 2.05) is 12.3 Å². The first-order valence-electron chi connectivity index (χ1n) is 3.43. The Kier molecular flexibility index (Phi) is 1.89. The quantitative estimate of drug-likeness (QED) is 0.651. The molecular formula is C9H7NSe. The van der Waals surface area contributed by atoms with Crippen LogP contribution in [0, 0.1) is 0 Å². The molecule has 1 nitrogen and oxygen atoms in total. The second-order valence-corrected chi connectivity index (χ2v) is 3.99. The second kappa shape index (κ2) is 3.04. The number of hydrogen-bond acceptors (Lipinski definition) is 1. The summed E-state index contributed by atoms with van der Waals surface area (Å²) >= 11 is 0.321. The van der Waals surface area contributed by atoms with Crippen LogP contribution in [-0.4, -0.2) is 18.7 Å². The molecule has 1 aromatic carbocycles. The van der Waals surface area contributed by atoms with Crippen molar-refractivity contribution in [1.29, 1.82) is 0 Å². The van der Waals surface area contributed by atoms with E-state index in [0.29, 0.717) is 14.7 Å². The van der Waals surface area contributed by atoms with Crippen molar-refractivity contribution < 1.29 is 0 Å². The predicted octanol–water partition coefficient (Wildman–Crippen LogP) is 1.81. The van der Waals surface area contributed by atoms with Gasteiger partial charge in [-0.25, -0.2) is 0 Å². The molecule has 0 radical (unpaired) electrons. The first-order valence-corrected chi connectivity index (χ1v) is 5.05. The Morgan fingerprint density at radius 1 is 1.00 bits per heavy atom. The molecule has 0 aliphatic heterocycles. The third kappa shape index (κ3) is 1.42. The van der Waals surface area contributed by atoms with E-state index in [0.717, 1.165) is 0 Å². The molecule has 0 N–H and O–H groups in total. The number of rotatable bonds is 1. The van der Waals surface area contributed by atoms with Crippen LogP contribution in [0.2, 0.25) is 0 Å². The summed E-state index contributed by atoms with van der Waals surface area (Å²) in [6.45, 7) is 0. The van der Waals surface area contributed by atoms with Crippen LogP contribution in [0.4, 0.5) is 0 Å². The third-order valence-electron chi connectivity index (χ3n) is 1.50. The van der Waals surface area contributed by atoms with Gasteiger partial charge in [0.2, 0.25) is 0 Å². The van der Waals surface area contributed by atoms with Crippen molar-refractivity contribution in [2.24, 2.45) is 0 Å². The zero-order valence-corrected chi connectivity index (χ0v) is 7.61. The van der Waals surface area contributed by atoms with Gasteiger partial charge in [-0.15, -0.1) is 0 Å². The maximum absolute atomic E-state index is 4.19. The van der Waals surface area contributed by atoms with Gasteiger partial charge in [-0.2, -0.15) is 0 Å². The van der Waals surface area contributed by atoms with Gasteiger partial charge in [-0.3, -0.25) is 0 Å². The molecule has 0 atom stereocenters. The van der Waals surface area contributed by atoms with E-state index < -0.39 is 0 Å². The van der Waals surface area contributed by atoms with Gasteiger partial charge in [0.1, 0.15) is 0 Å². The molecule has 0 aliphatic rings. The Bertz CT molecular complexity index is 313. The Balaban J connectivity index is 2.46. The van der Waals surface area contributed by atoms with E-state index in [2.05, 4.69) is 34.3 Å². The fourth-order valence-electron chi connectivity index (χ4n) is 0.967. The molecule has 1 aromatic heterocycles. The number of hydrogen-bond donors (Lipinski definition) is 0. The fourth-order valence-corrected chi connectivity index (χ4v) is 2.22. The van der Waals surface area contributed by atoms with Crippen molar-refractivity contribution in [2.75, 3.05) is 0 Å². The van der Waals surface area contributed by atoms with Crippen LogP contribution in [0.25, 0.3) is 10.0 Å². The molecule has 0 aliphatic carbocycles. The van der Waals surface area contributed by atoms with Crippen molar-refractivity contribution >= 4 is 14.7 Å². The van der Waals surface area contributed by atoms with Crippen molar-refractivity contribution in [3.05, 3.63) is 42.6 Å². The minimum atomic E-state index is 0.321. The van der Waals surface area contributed by atoms with Crippen molar-refractivity contribution in [3.8, 4) is 10.0 Å². The summed E-state index contributed by atoms with van der Waals surface area (Å²) < 4.78 is 5.56. The molecule has 0 fully saturated rings. The Morgan fingerprint density at radius 2 is 1.82 bits per heavy atom. The number of benzene rings is 1. The van der Waals surface area contributed by atoms with Gasteiger partial charge >= 0.3 is 71.3 Å². The van der Waals surface area contributed by atoms with Crippen LogP contribution in [-0.2, 0) is 0 Å². The van der Waals surface area contributed by atoms with Gasteiger partial charge in [0, 0.05) is 0 Å². The third-order valence-corrected chi connectivity index (χ3v) is 3.17. The van der Waals surface area contributed by atoms with Gasteiger partial charge in [0.05, 0.1) is 0 Å². The van der Waals surface area contributed by atoms with Gasteiger partial charge in [0.15, 0.2) is 0 Å². The molecule has 0 spiro atoms. The van der Waals surface area contributed by atoms with Crippen molar-refractivity contribution in [2.45, 2.75) is 0 Å². The van der Waals surface area contributed by atoms with Crippen LogP contribution in [0.5, 0.6) is 0 Å². The molecule has 0 saturated heterocycles. The summed E-state index contributed by atoms with van der Waals surface area (Å²) in [6.07, 6.45) is 1.89. The Morgan fingerprint density at radius 3 is 2.45 bits per heavy atom. The van der Waals surface area contributed by atoms with Gasteiger partial charge in [0.25, 0.3) is 0 Å². The maximum atomic E-state index is 4.19. The number of aromatic nitrogens is 1. The molecular weight excluding hydrogens is 201 g/mol. The van der Waals surface area contributed by atoms with Gasteiger partial charge in [-0.1, -0.05) is 0 Å². The van der Waals surface area contributed by atoms with Crippen LogP contribution in [0.1, 0.15) is 0 Å². The molecule has 0 saturated carbocycles. The summed E-state index contributed by atoms with van der Waals surface area (Å²) in [5, 5.41) is 0. The Hall–Kier alpha value is -0.851. The first kappa shape index (κ1) is 6.83. The van der Waals surface area contributed by atoms with Crippen LogP contribution in [0.3, 0.4) is 0 Å². The first-order chi connectivity index (χ1) is 5.47. The van der Waals surface area contributed by atoms with E-state index in [1.165, 1.54) is 10.0 Å². The average molecular weight is 208 g/mol. The molecule has 11 heavy (non-hydrogen) atoms. The molecule has 0 unspecified atom stereocenters. The zero-order valence-electron chi connectivity index (χ0n) is 5.90. The Labute approximate surface area is 71.7 Å². The molecule has 0 amide bonds. The average Bonchev–Trinajstić information content (AvgIpc) is 2.58. The van der Waals surface area contributed by atoms with Crippen LogP contribution < -0.4 is 0 Å².